The number of carbonyl (C=O) groups is 1. The molecule has 0 unspecified atom stereocenters. The van der Waals surface area contributed by atoms with Gasteiger partial charge in [-0.2, -0.15) is 0 Å². The van der Waals surface area contributed by atoms with Crippen molar-refractivity contribution < 1.29 is 9.72 Å². The van der Waals surface area contributed by atoms with Crippen LogP contribution in [0.1, 0.15) is 5.56 Å². The zero-order valence-corrected chi connectivity index (χ0v) is 7.06. The number of nitro benzene ring substituents is 1. The zero-order valence-electron chi connectivity index (χ0n) is 7.06. The van der Waals surface area contributed by atoms with Crippen LogP contribution >= 0.6 is 0 Å². The molecule has 0 aliphatic carbocycles. The van der Waals surface area contributed by atoms with Gasteiger partial charge < -0.3 is 5.73 Å². The molecule has 0 aromatic heterocycles. The average molecular weight is 193 g/mol. The number of hydrogen-bond donors (Lipinski definition) is 2. The molecule has 0 heterocycles. The summed E-state index contributed by atoms with van der Waals surface area (Å²) in [5, 5.41) is 17.6. The first-order valence-electron chi connectivity index (χ1n) is 3.64. The lowest BCUT2D eigenvalue weighted by Crippen LogP contribution is -2.05. The van der Waals surface area contributed by atoms with E-state index in [0.29, 0.717) is 0 Å². The van der Waals surface area contributed by atoms with Crippen LogP contribution in [0, 0.1) is 15.5 Å². The quantitative estimate of drug-likeness (QED) is 0.242. The summed E-state index contributed by atoms with van der Waals surface area (Å²) in [6, 6.07) is 3.62. The predicted octanol–water partition coefficient (Wildman–Crippen LogP) is 0.744. The number of hydrogen-bond acceptors (Lipinski definition) is 5. The predicted molar refractivity (Wildman–Crippen MR) is 50.4 cm³/mol. The van der Waals surface area contributed by atoms with Crippen molar-refractivity contribution in [1.82, 2.24) is 0 Å². The Kier molecular flexibility index (Phi) is 2.57. The summed E-state index contributed by atoms with van der Waals surface area (Å²) in [5.41, 5.74) is 5.13. The fourth-order valence-electron chi connectivity index (χ4n) is 0.955. The van der Waals surface area contributed by atoms with E-state index < -0.39 is 4.92 Å². The summed E-state index contributed by atoms with van der Waals surface area (Å²) in [4.78, 5) is 20.1. The molecule has 14 heavy (non-hydrogen) atoms. The second kappa shape index (κ2) is 3.65. The fraction of sp³-hybridized carbons (Fsp3) is 0. The van der Waals surface area contributed by atoms with Crippen molar-refractivity contribution in [3.05, 3.63) is 33.9 Å². The molecule has 0 fully saturated rings. The summed E-state index contributed by atoms with van der Waals surface area (Å²) >= 11 is 0. The topological polar surface area (TPSA) is 110 Å². The average Bonchev–Trinajstić information content (AvgIpc) is 2.17. The molecule has 0 radical (unpaired) electrons. The molecule has 1 aromatic carbocycles. The van der Waals surface area contributed by atoms with E-state index in [1.165, 1.54) is 12.1 Å². The Morgan fingerprint density at radius 1 is 1.57 bits per heavy atom. The highest BCUT2D eigenvalue weighted by molar-refractivity contribution is 6.36. The Morgan fingerprint density at radius 3 is 2.71 bits per heavy atom. The van der Waals surface area contributed by atoms with Gasteiger partial charge in [0.1, 0.15) is 5.71 Å². The van der Waals surface area contributed by atoms with Crippen molar-refractivity contribution >= 4 is 23.4 Å². The van der Waals surface area contributed by atoms with E-state index in [1.807, 2.05) is 0 Å². The van der Waals surface area contributed by atoms with Crippen molar-refractivity contribution in [2.75, 3.05) is 5.73 Å². The molecule has 0 amide bonds. The minimum Gasteiger partial charge on any atom is -0.398 e. The molecule has 0 bridgehead atoms. The van der Waals surface area contributed by atoms with Gasteiger partial charge in [0, 0.05) is 23.4 Å². The third kappa shape index (κ3) is 1.74. The Balaban J connectivity index is 3.28. The van der Waals surface area contributed by atoms with Crippen LogP contribution < -0.4 is 5.73 Å². The molecule has 1 aromatic rings. The third-order valence-electron chi connectivity index (χ3n) is 1.66. The molecule has 0 aliphatic rings. The van der Waals surface area contributed by atoms with E-state index >= 15 is 0 Å². The Labute approximate surface area is 79.0 Å². The number of nitrogens with zero attached hydrogens (tertiary/aromatic N) is 1. The molecule has 1 rings (SSSR count). The SMILES string of the molecule is N=C(C=O)c1cc([N+](=O)[O-])ccc1N. The van der Waals surface area contributed by atoms with Crippen molar-refractivity contribution in [3.8, 4) is 0 Å². The van der Waals surface area contributed by atoms with Gasteiger partial charge in [-0.15, -0.1) is 0 Å². The first-order chi connectivity index (χ1) is 6.56. The van der Waals surface area contributed by atoms with E-state index in [4.69, 9.17) is 11.1 Å². The van der Waals surface area contributed by atoms with Gasteiger partial charge in [-0.3, -0.25) is 20.3 Å². The summed E-state index contributed by atoms with van der Waals surface area (Å²) in [6.07, 6.45) is 0.287. The second-order valence-corrected chi connectivity index (χ2v) is 2.56. The van der Waals surface area contributed by atoms with Gasteiger partial charge in [0.2, 0.25) is 0 Å². The fourth-order valence-corrected chi connectivity index (χ4v) is 0.955. The van der Waals surface area contributed by atoms with Gasteiger partial charge in [-0.05, 0) is 6.07 Å². The summed E-state index contributed by atoms with van der Waals surface area (Å²) in [6.45, 7) is 0. The molecule has 0 saturated carbocycles. The van der Waals surface area contributed by atoms with Gasteiger partial charge in [0.15, 0.2) is 6.29 Å². The maximum atomic E-state index is 10.4. The van der Waals surface area contributed by atoms with E-state index in [1.54, 1.807) is 0 Å². The minimum atomic E-state index is -0.610. The smallest absolute Gasteiger partial charge is 0.270 e. The number of carbonyl (C=O) groups excluding carboxylic acids is 1. The molecule has 0 saturated heterocycles. The largest absolute Gasteiger partial charge is 0.398 e. The van der Waals surface area contributed by atoms with E-state index in [2.05, 4.69) is 0 Å². The number of nitro groups is 1. The van der Waals surface area contributed by atoms with Gasteiger partial charge in [0.25, 0.3) is 5.69 Å². The molecule has 72 valence electrons. The molecular weight excluding hydrogens is 186 g/mol. The van der Waals surface area contributed by atoms with Crippen molar-refractivity contribution in [2.24, 2.45) is 0 Å². The van der Waals surface area contributed by atoms with Gasteiger partial charge in [0.05, 0.1) is 4.92 Å². The normalized spacial score (nSPS) is 9.43. The van der Waals surface area contributed by atoms with Crippen molar-refractivity contribution in [3.63, 3.8) is 0 Å². The van der Waals surface area contributed by atoms with Crippen LogP contribution in [0.5, 0.6) is 0 Å². The number of non-ortho nitro benzene ring substituents is 1. The maximum Gasteiger partial charge on any atom is 0.270 e. The highest BCUT2D eigenvalue weighted by Crippen LogP contribution is 2.19. The number of rotatable bonds is 3. The molecular formula is C8H7N3O3. The summed E-state index contributed by atoms with van der Waals surface area (Å²) in [7, 11) is 0. The lowest BCUT2D eigenvalue weighted by atomic mass is 10.1. The Bertz CT molecular complexity index is 414. The standard InChI is InChI=1S/C8H7N3O3/c9-7-2-1-5(11(13)14)3-6(7)8(10)4-12/h1-4,10H,9H2. The van der Waals surface area contributed by atoms with Crippen LogP contribution in [0.25, 0.3) is 0 Å². The van der Waals surface area contributed by atoms with E-state index in [0.717, 1.165) is 6.07 Å². The van der Waals surface area contributed by atoms with Crippen LogP contribution in [0.15, 0.2) is 18.2 Å². The zero-order chi connectivity index (χ0) is 10.7. The van der Waals surface area contributed by atoms with Gasteiger partial charge >= 0.3 is 0 Å². The summed E-state index contributed by atoms with van der Waals surface area (Å²) in [5.74, 6) is 0. The first kappa shape index (κ1) is 9.85. The highest BCUT2D eigenvalue weighted by atomic mass is 16.6. The number of benzene rings is 1. The van der Waals surface area contributed by atoms with Crippen LogP contribution in [-0.2, 0) is 4.79 Å². The van der Waals surface area contributed by atoms with E-state index in [-0.39, 0.29) is 28.9 Å². The second-order valence-electron chi connectivity index (χ2n) is 2.56. The molecule has 0 spiro atoms. The number of anilines is 1. The molecule has 6 heteroatoms. The van der Waals surface area contributed by atoms with Crippen LogP contribution in [0.3, 0.4) is 0 Å². The van der Waals surface area contributed by atoms with E-state index in [9.17, 15) is 14.9 Å². The molecule has 0 atom stereocenters. The van der Waals surface area contributed by atoms with Crippen molar-refractivity contribution in [2.45, 2.75) is 0 Å². The van der Waals surface area contributed by atoms with Gasteiger partial charge in [-0.1, -0.05) is 0 Å². The van der Waals surface area contributed by atoms with Crippen LogP contribution in [0.4, 0.5) is 11.4 Å². The lowest BCUT2D eigenvalue weighted by molar-refractivity contribution is -0.384. The first-order valence-corrected chi connectivity index (χ1v) is 3.64. The number of nitrogen functional groups attached to an aromatic ring is 1. The molecule has 0 aliphatic heterocycles. The lowest BCUT2D eigenvalue weighted by Gasteiger charge is -2.01. The number of aldehydes is 1. The van der Waals surface area contributed by atoms with Crippen LogP contribution in [0.2, 0.25) is 0 Å². The minimum absolute atomic E-state index is 0.0780. The molecule has 6 nitrogen and oxygen atoms in total. The maximum absolute atomic E-state index is 10.4. The van der Waals surface area contributed by atoms with Crippen LogP contribution in [-0.4, -0.2) is 16.9 Å². The van der Waals surface area contributed by atoms with Crippen molar-refractivity contribution in [1.29, 1.82) is 5.41 Å². The Morgan fingerprint density at radius 2 is 2.21 bits per heavy atom. The number of nitrogens with two attached hydrogens (primary N) is 1. The molecule has 3 N–H and O–H groups in total. The summed E-state index contributed by atoms with van der Waals surface area (Å²) < 4.78 is 0. The number of nitrogens with one attached hydrogen (secondary N) is 1. The highest BCUT2D eigenvalue weighted by Gasteiger charge is 2.11. The Hall–Kier alpha value is -2.24. The third-order valence-corrected chi connectivity index (χ3v) is 1.66. The monoisotopic (exact) mass is 193 g/mol. The van der Waals surface area contributed by atoms with Gasteiger partial charge in [-0.25, -0.2) is 0 Å².